The first-order valence-corrected chi connectivity index (χ1v) is 7.35. The second-order valence-electron chi connectivity index (χ2n) is 5.41. The quantitative estimate of drug-likeness (QED) is 0.698. The number of benzene rings is 1. The first-order valence-electron chi connectivity index (χ1n) is 7.35. The van der Waals surface area contributed by atoms with Crippen LogP contribution in [-0.4, -0.2) is 42.3 Å². The Hall–Kier alpha value is -2.21. The van der Waals surface area contributed by atoms with E-state index in [9.17, 15) is 9.59 Å². The van der Waals surface area contributed by atoms with E-state index in [1.165, 1.54) is 30.8 Å². The van der Waals surface area contributed by atoms with Gasteiger partial charge in [-0.05, 0) is 6.07 Å². The number of nitrogens with zero attached hydrogens (tertiary/aromatic N) is 1. The van der Waals surface area contributed by atoms with Gasteiger partial charge in [0, 0.05) is 18.2 Å². The molecule has 0 spiro atoms. The van der Waals surface area contributed by atoms with E-state index in [0.717, 1.165) is 6.54 Å². The number of fused-ring (bicyclic) bond motifs is 1. The molecule has 21 heavy (non-hydrogen) atoms. The number of likely N-dealkylation sites (tertiary alicyclic amines) is 1. The first-order chi connectivity index (χ1) is 10.3. The van der Waals surface area contributed by atoms with E-state index < -0.39 is 0 Å². The lowest BCUT2D eigenvalue weighted by Gasteiger charge is -2.12. The minimum Gasteiger partial charge on any atom is -0.345 e. The molecule has 6 heteroatoms. The smallest absolute Gasteiger partial charge is 0.272 e. The molecule has 1 aromatic heterocycles. The van der Waals surface area contributed by atoms with E-state index in [1.54, 1.807) is 24.3 Å². The average Bonchev–Trinajstić information content (AvgIpc) is 3.01. The highest BCUT2D eigenvalue weighted by atomic mass is 16.2. The number of rotatable bonds is 4. The zero-order chi connectivity index (χ0) is 14.7. The Bertz CT molecular complexity index is 704. The van der Waals surface area contributed by atoms with Crippen LogP contribution in [0.2, 0.25) is 0 Å². The molecule has 110 valence electrons. The Morgan fingerprint density at radius 1 is 1.24 bits per heavy atom. The number of H-pyrrole nitrogens is 1. The molecular weight excluding hydrogens is 268 g/mol. The maximum atomic E-state index is 12.2. The van der Waals surface area contributed by atoms with Gasteiger partial charge < -0.3 is 10.2 Å². The standard InChI is InChI=1S/C15H18N4O2/c20-14-12-6-2-1-5-11(12)13(17-18-14)15(21)16-7-10-19-8-3-4-9-19/h1-2,5-6H,3-4,7-10H2,(H,16,21)(H,18,20)/p+1. The summed E-state index contributed by atoms with van der Waals surface area (Å²) < 4.78 is 0. The summed E-state index contributed by atoms with van der Waals surface area (Å²) in [7, 11) is 0. The Kier molecular flexibility index (Phi) is 3.96. The predicted octanol–water partition coefficient (Wildman–Crippen LogP) is -0.668. The molecule has 0 radical (unpaired) electrons. The van der Waals surface area contributed by atoms with Crippen molar-refractivity contribution in [3.05, 3.63) is 40.3 Å². The molecule has 1 aliphatic heterocycles. The van der Waals surface area contributed by atoms with E-state index in [-0.39, 0.29) is 17.2 Å². The fourth-order valence-electron chi connectivity index (χ4n) is 2.85. The first kappa shape index (κ1) is 13.8. The topological polar surface area (TPSA) is 79.3 Å². The second kappa shape index (κ2) is 6.05. The van der Waals surface area contributed by atoms with Gasteiger partial charge in [0.05, 0.1) is 31.6 Å². The third-order valence-corrected chi connectivity index (χ3v) is 3.99. The normalized spacial score (nSPS) is 15.4. The summed E-state index contributed by atoms with van der Waals surface area (Å²) >= 11 is 0. The molecule has 0 unspecified atom stereocenters. The summed E-state index contributed by atoms with van der Waals surface area (Å²) in [4.78, 5) is 25.5. The van der Waals surface area contributed by atoms with Gasteiger partial charge in [0.1, 0.15) is 0 Å². The minimum atomic E-state index is -0.274. The number of amides is 1. The minimum absolute atomic E-state index is 0.235. The van der Waals surface area contributed by atoms with Crippen LogP contribution in [-0.2, 0) is 0 Å². The third kappa shape index (κ3) is 2.95. The molecule has 6 nitrogen and oxygen atoms in total. The molecule has 3 N–H and O–H groups in total. The van der Waals surface area contributed by atoms with Crippen molar-refractivity contribution in [2.45, 2.75) is 12.8 Å². The van der Waals surface area contributed by atoms with Crippen molar-refractivity contribution < 1.29 is 9.69 Å². The Morgan fingerprint density at radius 2 is 1.95 bits per heavy atom. The molecular formula is C15H19N4O2+. The molecule has 0 atom stereocenters. The molecule has 1 fully saturated rings. The van der Waals surface area contributed by atoms with E-state index in [1.807, 2.05) is 0 Å². The second-order valence-corrected chi connectivity index (χ2v) is 5.41. The van der Waals surface area contributed by atoms with Gasteiger partial charge in [0.2, 0.25) is 0 Å². The van der Waals surface area contributed by atoms with Crippen molar-refractivity contribution in [3.63, 3.8) is 0 Å². The lowest BCUT2D eigenvalue weighted by Crippen LogP contribution is -3.10. The van der Waals surface area contributed by atoms with E-state index in [4.69, 9.17) is 0 Å². The van der Waals surface area contributed by atoms with Crippen molar-refractivity contribution >= 4 is 16.7 Å². The van der Waals surface area contributed by atoms with Crippen LogP contribution in [0, 0.1) is 0 Å². The van der Waals surface area contributed by atoms with Crippen LogP contribution in [0.25, 0.3) is 10.8 Å². The van der Waals surface area contributed by atoms with Gasteiger partial charge in [-0.2, -0.15) is 5.10 Å². The number of carbonyl (C=O) groups is 1. The highest BCUT2D eigenvalue weighted by Crippen LogP contribution is 2.11. The molecule has 1 aliphatic rings. The molecule has 3 rings (SSSR count). The molecule has 2 aromatic rings. The van der Waals surface area contributed by atoms with Gasteiger partial charge in [-0.15, -0.1) is 0 Å². The van der Waals surface area contributed by atoms with Gasteiger partial charge >= 0.3 is 0 Å². The predicted molar refractivity (Wildman–Crippen MR) is 79.5 cm³/mol. The number of carbonyl (C=O) groups excluding carboxylic acids is 1. The Morgan fingerprint density at radius 3 is 2.71 bits per heavy atom. The van der Waals surface area contributed by atoms with Crippen LogP contribution in [0.3, 0.4) is 0 Å². The zero-order valence-electron chi connectivity index (χ0n) is 11.8. The molecule has 0 aliphatic carbocycles. The molecule has 1 aromatic carbocycles. The van der Waals surface area contributed by atoms with Crippen molar-refractivity contribution in [1.82, 2.24) is 15.5 Å². The van der Waals surface area contributed by atoms with Crippen LogP contribution < -0.4 is 15.8 Å². The van der Waals surface area contributed by atoms with E-state index in [2.05, 4.69) is 15.5 Å². The fraction of sp³-hybridized carbons (Fsp3) is 0.400. The maximum absolute atomic E-state index is 12.2. The average molecular weight is 287 g/mol. The number of aromatic amines is 1. The summed E-state index contributed by atoms with van der Waals surface area (Å²) in [5.74, 6) is -0.235. The van der Waals surface area contributed by atoms with E-state index >= 15 is 0 Å². The monoisotopic (exact) mass is 287 g/mol. The molecule has 1 amide bonds. The SMILES string of the molecule is O=C(NCC[NH+]1CCCC1)c1n[nH]c(=O)c2ccccc12. The van der Waals surface area contributed by atoms with Gasteiger partial charge in [-0.1, -0.05) is 18.2 Å². The van der Waals surface area contributed by atoms with Crippen LogP contribution >= 0.6 is 0 Å². The van der Waals surface area contributed by atoms with Crippen molar-refractivity contribution in [2.24, 2.45) is 0 Å². The van der Waals surface area contributed by atoms with Gasteiger partial charge in [0.15, 0.2) is 5.69 Å². The fourth-order valence-corrected chi connectivity index (χ4v) is 2.85. The maximum Gasteiger partial charge on any atom is 0.272 e. The van der Waals surface area contributed by atoms with Crippen molar-refractivity contribution in [3.8, 4) is 0 Å². The zero-order valence-corrected chi connectivity index (χ0v) is 11.8. The molecule has 0 saturated carbocycles. The third-order valence-electron chi connectivity index (χ3n) is 3.99. The lowest BCUT2D eigenvalue weighted by atomic mass is 10.1. The number of nitrogens with one attached hydrogen (secondary N) is 3. The largest absolute Gasteiger partial charge is 0.345 e. The van der Waals surface area contributed by atoms with Crippen molar-refractivity contribution in [2.75, 3.05) is 26.2 Å². The highest BCUT2D eigenvalue weighted by molar-refractivity contribution is 6.04. The van der Waals surface area contributed by atoms with Crippen LogP contribution in [0.1, 0.15) is 23.3 Å². The Labute approximate surface area is 122 Å². The van der Waals surface area contributed by atoms with Crippen LogP contribution in [0.5, 0.6) is 0 Å². The van der Waals surface area contributed by atoms with Gasteiger partial charge in [0.25, 0.3) is 11.5 Å². The summed E-state index contributed by atoms with van der Waals surface area (Å²) in [5, 5.41) is 10.3. The lowest BCUT2D eigenvalue weighted by molar-refractivity contribution is -0.886. The number of hydrogen-bond donors (Lipinski definition) is 3. The number of hydrogen-bond acceptors (Lipinski definition) is 3. The van der Waals surface area contributed by atoms with Gasteiger partial charge in [-0.25, -0.2) is 5.10 Å². The molecule has 2 heterocycles. The summed E-state index contributed by atoms with van der Waals surface area (Å²) in [5.41, 5.74) is 0.00489. The van der Waals surface area contributed by atoms with Crippen LogP contribution in [0.15, 0.2) is 29.1 Å². The summed E-state index contributed by atoms with van der Waals surface area (Å²) in [6.45, 7) is 3.95. The summed E-state index contributed by atoms with van der Waals surface area (Å²) in [6.07, 6.45) is 2.55. The molecule has 0 bridgehead atoms. The van der Waals surface area contributed by atoms with E-state index in [0.29, 0.717) is 17.3 Å². The van der Waals surface area contributed by atoms with Gasteiger partial charge in [-0.3, -0.25) is 9.59 Å². The molecule has 1 saturated heterocycles. The van der Waals surface area contributed by atoms with Crippen LogP contribution in [0.4, 0.5) is 0 Å². The number of aromatic nitrogens is 2. The number of quaternary nitrogens is 1. The highest BCUT2D eigenvalue weighted by Gasteiger charge is 2.17. The Balaban J connectivity index is 1.72. The summed E-state index contributed by atoms with van der Waals surface area (Å²) in [6, 6.07) is 7.02. The van der Waals surface area contributed by atoms with Crippen molar-refractivity contribution in [1.29, 1.82) is 0 Å².